The highest BCUT2D eigenvalue weighted by Gasteiger charge is 2.12. The van der Waals surface area contributed by atoms with Crippen LogP contribution in [-0.2, 0) is 0 Å². The third-order valence-corrected chi connectivity index (χ3v) is 3.48. The monoisotopic (exact) mass is 290 g/mol. The summed E-state index contributed by atoms with van der Waals surface area (Å²) in [5.74, 6) is 0.273. The molecule has 0 radical (unpaired) electrons. The zero-order valence-corrected chi connectivity index (χ0v) is 12.6. The molecule has 2 rings (SSSR count). The van der Waals surface area contributed by atoms with Crippen molar-refractivity contribution in [1.82, 2.24) is 0 Å². The number of para-hydroxylation sites is 1. The SMILES string of the molecule is CC(Nc1cccc(Cl)c1N(C)C)c1cccc(O)c1. The number of benzene rings is 2. The fourth-order valence-corrected chi connectivity index (χ4v) is 2.54. The van der Waals surface area contributed by atoms with Gasteiger partial charge in [-0.05, 0) is 36.8 Å². The van der Waals surface area contributed by atoms with Crippen molar-refractivity contribution in [1.29, 1.82) is 0 Å². The molecule has 0 heterocycles. The summed E-state index contributed by atoms with van der Waals surface area (Å²) >= 11 is 6.26. The quantitative estimate of drug-likeness (QED) is 0.882. The Bertz CT molecular complexity index is 599. The van der Waals surface area contributed by atoms with Crippen molar-refractivity contribution in [2.24, 2.45) is 0 Å². The van der Waals surface area contributed by atoms with Gasteiger partial charge in [-0.3, -0.25) is 0 Å². The molecule has 0 aliphatic carbocycles. The summed E-state index contributed by atoms with van der Waals surface area (Å²) in [5, 5.41) is 13.7. The fraction of sp³-hybridized carbons (Fsp3) is 0.250. The number of phenolic OH excluding ortho intramolecular Hbond substituents is 1. The van der Waals surface area contributed by atoms with E-state index < -0.39 is 0 Å². The number of phenols is 1. The fourth-order valence-electron chi connectivity index (χ4n) is 2.20. The molecule has 0 saturated heterocycles. The van der Waals surface area contributed by atoms with E-state index in [1.54, 1.807) is 12.1 Å². The first-order valence-corrected chi connectivity index (χ1v) is 6.88. The summed E-state index contributed by atoms with van der Waals surface area (Å²) in [6, 6.07) is 13.1. The van der Waals surface area contributed by atoms with Crippen molar-refractivity contribution >= 4 is 23.0 Å². The lowest BCUT2D eigenvalue weighted by atomic mass is 10.1. The van der Waals surface area contributed by atoms with Gasteiger partial charge >= 0.3 is 0 Å². The number of nitrogens with one attached hydrogen (secondary N) is 1. The van der Waals surface area contributed by atoms with E-state index in [-0.39, 0.29) is 11.8 Å². The van der Waals surface area contributed by atoms with Gasteiger partial charge < -0.3 is 15.3 Å². The number of anilines is 2. The van der Waals surface area contributed by atoms with Crippen LogP contribution in [0.1, 0.15) is 18.5 Å². The highest BCUT2D eigenvalue weighted by molar-refractivity contribution is 6.34. The van der Waals surface area contributed by atoms with Crippen molar-refractivity contribution in [3.8, 4) is 5.75 Å². The standard InChI is InChI=1S/C16H19ClN2O/c1-11(12-6-4-7-13(20)10-12)18-15-9-5-8-14(17)16(15)19(2)3/h4-11,18,20H,1-3H3. The summed E-state index contributed by atoms with van der Waals surface area (Å²) in [4.78, 5) is 1.99. The number of aromatic hydroxyl groups is 1. The van der Waals surface area contributed by atoms with Crippen LogP contribution in [0.15, 0.2) is 42.5 Å². The van der Waals surface area contributed by atoms with Crippen LogP contribution in [0.3, 0.4) is 0 Å². The Hall–Kier alpha value is -1.87. The van der Waals surface area contributed by atoms with Crippen LogP contribution < -0.4 is 10.2 Å². The molecule has 0 fully saturated rings. The predicted molar refractivity (Wildman–Crippen MR) is 85.9 cm³/mol. The molecule has 2 aromatic rings. The van der Waals surface area contributed by atoms with Crippen LogP contribution in [0.5, 0.6) is 5.75 Å². The Kier molecular flexibility index (Phi) is 4.40. The molecule has 20 heavy (non-hydrogen) atoms. The van der Waals surface area contributed by atoms with Crippen molar-refractivity contribution < 1.29 is 5.11 Å². The van der Waals surface area contributed by atoms with Gasteiger partial charge in [0.25, 0.3) is 0 Å². The molecule has 2 N–H and O–H groups in total. The van der Waals surface area contributed by atoms with Crippen LogP contribution >= 0.6 is 11.6 Å². The van der Waals surface area contributed by atoms with E-state index in [9.17, 15) is 5.11 Å². The van der Waals surface area contributed by atoms with E-state index in [1.165, 1.54) is 0 Å². The minimum Gasteiger partial charge on any atom is -0.508 e. The van der Waals surface area contributed by atoms with Gasteiger partial charge in [-0.2, -0.15) is 0 Å². The van der Waals surface area contributed by atoms with Gasteiger partial charge in [0.1, 0.15) is 5.75 Å². The first kappa shape index (κ1) is 14.5. The maximum Gasteiger partial charge on any atom is 0.115 e. The normalized spacial score (nSPS) is 12.0. The van der Waals surface area contributed by atoms with Crippen LogP contribution in [0.2, 0.25) is 5.02 Å². The number of hydrogen-bond acceptors (Lipinski definition) is 3. The molecule has 3 nitrogen and oxygen atoms in total. The van der Waals surface area contributed by atoms with Gasteiger partial charge in [-0.15, -0.1) is 0 Å². The minimum atomic E-state index is 0.0688. The highest BCUT2D eigenvalue weighted by Crippen LogP contribution is 2.34. The lowest BCUT2D eigenvalue weighted by molar-refractivity contribution is 0.474. The molecule has 0 spiro atoms. The summed E-state index contributed by atoms with van der Waals surface area (Å²) < 4.78 is 0. The lowest BCUT2D eigenvalue weighted by Crippen LogP contribution is -2.14. The number of hydrogen-bond donors (Lipinski definition) is 2. The molecule has 1 atom stereocenters. The maximum absolute atomic E-state index is 9.56. The van der Waals surface area contributed by atoms with Crippen LogP contribution in [0, 0.1) is 0 Å². The Morgan fingerprint density at radius 1 is 1.15 bits per heavy atom. The second-order valence-corrected chi connectivity index (χ2v) is 5.40. The van der Waals surface area contributed by atoms with Gasteiger partial charge in [-0.1, -0.05) is 29.8 Å². The topological polar surface area (TPSA) is 35.5 Å². The number of halogens is 1. The van der Waals surface area contributed by atoms with E-state index in [1.807, 2.05) is 49.3 Å². The lowest BCUT2D eigenvalue weighted by Gasteiger charge is -2.23. The molecule has 1 unspecified atom stereocenters. The average molecular weight is 291 g/mol. The summed E-state index contributed by atoms with van der Waals surface area (Å²) in [7, 11) is 3.93. The van der Waals surface area contributed by atoms with Crippen LogP contribution in [0.25, 0.3) is 0 Å². The molecule has 106 valence electrons. The van der Waals surface area contributed by atoms with Crippen LogP contribution in [-0.4, -0.2) is 19.2 Å². The predicted octanol–water partition coefficient (Wildman–Crippen LogP) is 4.28. The second kappa shape index (κ2) is 6.06. The number of rotatable bonds is 4. The largest absolute Gasteiger partial charge is 0.508 e. The minimum absolute atomic E-state index is 0.0688. The maximum atomic E-state index is 9.56. The van der Waals surface area contributed by atoms with Crippen molar-refractivity contribution in [3.05, 3.63) is 53.1 Å². The Balaban J connectivity index is 2.28. The molecule has 0 aliphatic heterocycles. The molecule has 0 bridgehead atoms. The second-order valence-electron chi connectivity index (χ2n) is 4.99. The van der Waals surface area contributed by atoms with E-state index >= 15 is 0 Å². The zero-order chi connectivity index (χ0) is 14.7. The van der Waals surface area contributed by atoms with Crippen molar-refractivity contribution in [2.75, 3.05) is 24.3 Å². The molecule has 0 saturated carbocycles. The van der Waals surface area contributed by atoms with Gasteiger partial charge in [0.15, 0.2) is 0 Å². The third-order valence-electron chi connectivity index (χ3n) is 3.18. The van der Waals surface area contributed by atoms with E-state index in [2.05, 4.69) is 12.2 Å². The molecule has 0 amide bonds. The molecular weight excluding hydrogens is 272 g/mol. The van der Waals surface area contributed by atoms with Crippen LogP contribution in [0.4, 0.5) is 11.4 Å². The highest BCUT2D eigenvalue weighted by atomic mass is 35.5. The Morgan fingerprint density at radius 3 is 2.50 bits per heavy atom. The van der Waals surface area contributed by atoms with Crippen molar-refractivity contribution in [2.45, 2.75) is 13.0 Å². The van der Waals surface area contributed by atoms with Gasteiger partial charge in [0.05, 0.1) is 16.4 Å². The summed E-state index contributed by atoms with van der Waals surface area (Å²) in [5.41, 5.74) is 2.95. The third kappa shape index (κ3) is 3.17. The Labute approximate surface area is 124 Å². The average Bonchev–Trinajstić information content (AvgIpc) is 2.38. The first-order chi connectivity index (χ1) is 9.49. The van der Waals surface area contributed by atoms with Gasteiger partial charge in [-0.25, -0.2) is 0 Å². The zero-order valence-electron chi connectivity index (χ0n) is 11.9. The van der Waals surface area contributed by atoms with Gasteiger partial charge in [0, 0.05) is 20.1 Å². The summed E-state index contributed by atoms with van der Waals surface area (Å²) in [6.07, 6.45) is 0. The smallest absolute Gasteiger partial charge is 0.115 e. The van der Waals surface area contributed by atoms with E-state index in [0.717, 1.165) is 16.9 Å². The van der Waals surface area contributed by atoms with Gasteiger partial charge in [0.2, 0.25) is 0 Å². The van der Waals surface area contributed by atoms with Crippen molar-refractivity contribution in [3.63, 3.8) is 0 Å². The van der Waals surface area contributed by atoms with E-state index in [0.29, 0.717) is 5.02 Å². The molecule has 4 heteroatoms. The first-order valence-electron chi connectivity index (χ1n) is 6.50. The summed E-state index contributed by atoms with van der Waals surface area (Å²) in [6.45, 7) is 2.05. The molecule has 2 aromatic carbocycles. The molecule has 0 aromatic heterocycles. The number of nitrogens with zero attached hydrogens (tertiary/aromatic N) is 1. The van der Waals surface area contributed by atoms with E-state index in [4.69, 9.17) is 11.6 Å². The molecule has 0 aliphatic rings. The Morgan fingerprint density at radius 2 is 1.85 bits per heavy atom. The molecular formula is C16H19ClN2O.